The van der Waals surface area contributed by atoms with Gasteiger partial charge in [-0.2, -0.15) is 11.8 Å². The minimum atomic E-state index is -0.875. The number of ketones is 1. The maximum absolute atomic E-state index is 14.8. The number of thioether (sulfide) groups is 1. The van der Waals surface area contributed by atoms with Gasteiger partial charge in [0.1, 0.15) is 11.6 Å². The first-order valence-corrected chi connectivity index (χ1v) is 14.8. The fourth-order valence-corrected chi connectivity index (χ4v) is 7.35. The smallest absolute Gasteiger partial charge is 0.324 e. The summed E-state index contributed by atoms with van der Waals surface area (Å²) < 4.78 is 6.89. The van der Waals surface area contributed by atoms with Gasteiger partial charge in [-0.3, -0.25) is 14.9 Å². The summed E-state index contributed by atoms with van der Waals surface area (Å²) in [6.45, 7) is 5.63. The number of nitrogens with one attached hydrogen (secondary N) is 1. The number of hydrogen-bond acceptors (Lipinski definition) is 5. The Balaban J connectivity index is 1.69. The lowest BCUT2D eigenvalue weighted by molar-refractivity contribution is -0.157. The number of carbonyl (C=O) groups excluding carboxylic acids is 2. The molecule has 38 heavy (non-hydrogen) atoms. The molecule has 0 aliphatic carbocycles. The summed E-state index contributed by atoms with van der Waals surface area (Å²) in [7, 11) is 0. The lowest BCUT2D eigenvalue weighted by Crippen LogP contribution is -2.47. The van der Waals surface area contributed by atoms with Gasteiger partial charge in [0.2, 0.25) is 0 Å². The van der Waals surface area contributed by atoms with Gasteiger partial charge in [0.15, 0.2) is 5.78 Å². The molecule has 0 saturated carbocycles. The van der Waals surface area contributed by atoms with E-state index < -0.39 is 23.0 Å². The van der Waals surface area contributed by atoms with Crippen molar-refractivity contribution < 1.29 is 14.3 Å². The molecule has 3 aromatic rings. The van der Waals surface area contributed by atoms with Crippen LogP contribution in [0.3, 0.4) is 0 Å². The van der Waals surface area contributed by atoms with Gasteiger partial charge in [-0.15, -0.1) is 0 Å². The molecule has 0 bridgehead atoms. The van der Waals surface area contributed by atoms with Gasteiger partial charge >= 0.3 is 5.97 Å². The van der Waals surface area contributed by atoms with E-state index in [9.17, 15) is 9.59 Å². The third-order valence-electron chi connectivity index (χ3n) is 7.23. The molecule has 2 heterocycles. The number of hydrogen-bond donors (Lipinski definition) is 1. The van der Waals surface area contributed by atoms with E-state index in [2.05, 4.69) is 21.2 Å². The van der Waals surface area contributed by atoms with Gasteiger partial charge in [-0.1, -0.05) is 88.7 Å². The summed E-state index contributed by atoms with van der Waals surface area (Å²) in [6, 6.07) is 27.0. The Morgan fingerprint density at radius 1 is 0.974 bits per heavy atom. The average molecular weight is 591 g/mol. The Labute approximate surface area is 237 Å². The summed E-state index contributed by atoms with van der Waals surface area (Å²) >= 11 is 5.30. The lowest BCUT2D eigenvalue weighted by atomic mass is 9.64. The molecule has 0 radical (unpaired) electrons. The largest absolute Gasteiger partial charge is 0.459 e. The topological polar surface area (TPSA) is 55.4 Å². The monoisotopic (exact) mass is 589 g/mol. The number of Topliss-reactive ketones (excluding diaryl/α,β-unsaturated/α-hetero) is 1. The predicted octanol–water partition coefficient (Wildman–Crippen LogP) is 6.97. The van der Waals surface area contributed by atoms with Crippen LogP contribution in [0, 0.1) is 5.41 Å². The molecule has 2 aliphatic rings. The first kappa shape index (κ1) is 26.9. The van der Waals surface area contributed by atoms with Crippen molar-refractivity contribution in [1.82, 2.24) is 5.32 Å². The maximum Gasteiger partial charge on any atom is 0.324 e. The molecule has 4 unspecified atom stereocenters. The zero-order valence-corrected chi connectivity index (χ0v) is 24.2. The Bertz CT molecular complexity index is 1330. The van der Waals surface area contributed by atoms with Gasteiger partial charge in [-0.05, 0) is 55.7 Å². The highest BCUT2D eigenvalue weighted by atomic mass is 79.9. The Morgan fingerprint density at radius 3 is 2.24 bits per heavy atom. The van der Waals surface area contributed by atoms with Crippen molar-refractivity contribution in [1.29, 1.82) is 0 Å². The number of esters is 1. The fraction of sp³-hybridized carbons (Fsp3) is 0.312. The first-order chi connectivity index (χ1) is 18.2. The van der Waals surface area contributed by atoms with Gasteiger partial charge in [0.05, 0.1) is 5.41 Å². The van der Waals surface area contributed by atoms with Crippen LogP contribution in [0.15, 0.2) is 95.0 Å². The second-order valence-electron chi connectivity index (χ2n) is 11.0. The molecule has 3 aromatic carbocycles. The zero-order valence-electron chi connectivity index (χ0n) is 21.8. The Hall–Kier alpha value is -2.67. The molecule has 1 spiro atoms. The average Bonchev–Trinajstić information content (AvgIpc) is 3.23. The predicted molar refractivity (Wildman–Crippen MR) is 158 cm³/mol. The molecule has 0 amide bonds. The molecule has 5 rings (SSSR count). The standard InChI is InChI=1S/C32H32BrNO3S/c1-31(2,3)37-30(36)27-26(22-12-8-5-9-13-22)32(28(34-27)23-14-16-25(33)17-15-23)20-38-19-24(29(32)35)18-21-10-6-4-7-11-21/h4-18,26-28,34H,19-20H2,1-3H3/b24-18+. The summed E-state index contributed by atoms with van der Waals surface area (Å²) in [5.74, 6) is 0.612. The van der Waals surface area contributed by atoms with E-state index in [0.717, 1.165) is 26.7 Å². The molecule has 1 N–H and O–H groups in total. The molecule has 2 saturated heterocycles. The van der Waals surface area contributed by atoms with Crippen LogP contribution in [0.25, 0.3) is 6.08 Å². The summed E-state index contributed by atoms with van der Waals surface area (Å²) in [5.41, 5.74) is 2.20. The highest BCUT2D eigenvalue weighted by Gasteiger charge is 2.63. The number of benzene rings is 3. The van der Waals surface area contributed by atoms with Gasteiger partial charge in [0, 0.05) is 33.5 Å². The van der Waals surface area contributed by atoms with E-state index in [1.54, 1.807) is 11.8 Å². The van der Waals surface area contributed by atoms with Crippen molar-refractivity contribution in [2.45, 2.75) is 44.4 Å². The van der Waals surface area contributed by atoms with E-state index in [0.29, 0.717) is 11.5 Å². The van der Waals surface area contributed by atoms with Crippen LogP contribution < -0.4 is 5.32 Å². The number of carbonyl (C=O) groups is 2. The van der Waals surface area contributed by atoms with Crippen molar-refractivity contribution in [2.24, 2.45) is 5.41 Å². The number of halogens is 1. The summed E-state index contributed by atoms with van der Waals surface area (Å²) in [4.78, 5) is 28.5. The van der Waals surface area contributed by atoms with Crippen molar-refractivity contribution in [3.05, 3.63) is 112 Å². The molecule has 4 atom stereocenters. The highest BCUT2D eigenvalue weighted by Crippen LogP contribution is 2.58. The lowest BCUT2D eigenvalue weighted by Gasteiger charge is -2.42. The molecular weight excluding hydrogens is 558 g/mol. The van der Waals surface area contributed by atoms with Crippen molar-refractivity contribution in [3.8, 4) is 0 Å². The molecule has 196 valence electrons. The third kappa shape index (κ3) is 5.27. The second-order valence-corrected chi connectivity index (χ2v) is 12.9. The Morgan fingerprint density at radius 2 is 1.61 bits per heavy atom. The van der Waals surface area contributed by atoms with Crippen LogP contribution >= 0.6 is 27.7 Å². The zero-order chi connectivity index (χ0) is 26.9. The molecule has 4 nitrogen and oxygen atoms in total. The van der Waals surface area contributed by atoms with E-state index in [1.807, 2.05) is 112 Å². The van der Waals surface area contributed by atoms with Gasteiger partial charge in [-0.25, -0.2) is 0 Å². The van der Waals surface area contributed by atoms with Crippen LogP contribution in [-0.2, 0) is 14.3 Å². The van der Waals surface area contributed by atoms with Crippen LogP contribution in [0.2, 0.25) is 0 Å². The second kappa shape index (κ2) is 10.8. The highest BCUT2D eigenvalue weighted by molar-refractivity contribution is 9.10. The molecule has 0 aromatic heterocycles. The maximum atomic E-state index is 14.8. The minimum absolute atomic E-state index is 0.0976. The van der Waals surface area contributed by atoms with E-state index in [-0.39, 0.29) is 17.8 Å². The van der Waals surface area contributed by atoms with Crippen LogP contribution in [0.4, 0.5) is 0 Å². The minimum Gasteiger partial charge on any atom is -0.459 e. The molecule has 6 heteroatoms. The molecular formula is C32H32BrNO3S. The Kier molecular flexibility index (Phi) is 7.67. The van der Waals surface area contributed by atoms with Crippen LogP contribution in [-0.4, -0.2) is 34.9 Å². The summed E-state index contributed by atoms with van der Waals surface area (Å²) in [5, 5.41) is 3.62. The van der Waals surface area contributed by atoms with E-state index >= 15 is 0 Å². The summed E-state index contributed by atoms with van der Waals surface area (Å²) in [6.07, 6.45) is 2.01. The first-order valence-electron chi connectivity index (χ1n) is 12.9. The van der Waals surface area contributed by atoms with E-state index in [4.69, 9.17) is 4.74 Å². The van der Waals surface area contributed by atoms with Gasteiger partial charge < -0.3 is 4.74 Å². The molecule has 2 fully saturated rings. The van der Waals surface area contributed by atoms with Gasteiger partial charge in [0.25, 0.3) is 0 Å². The SMILES string of the molecule is CC(C)(C)OC(=O)C1NC(c2ccc(Br)cc2)C2(CSC/C(=C\c3ccccc3)C2=O)C1c1ccccc1. The quantitative estimate of drug-likeness (QED) is 0.263. The molecule has 2 aliphatic heterocycles. The van der Waals surface area contributed by atoms with Crippen LogP contribution in [0.1, 0.15) is 49.4 Å². The number of rotatable bonds is 4. The third-order valence-corrected chi connectivity index (χ3v) is 8.95. The fourth-order valence-electron chi connectivity index (χ4n) is 5.73. The number of ether oxygens (including phenoxy) is 1. The normalized spacial score (nSPS) is 26.6. The van der Waals surface area contributed by atoms with Crippen molar-refractivity contribution >= 4 is 45.5 Å². The van der Waals surface area contributed by atoms with Crippen LogP contribution in [0.5, 0.6) is 0 Å². The van der Waals surface area contributed by atoms with E-state index in [1.165, 1.54) is 0 Å². The van der Waals surface area contributed by atoms with Crippen molar-refractivity contribution in [2.75, 3.05) is 11.5 Å². The van der Waals surface area contributed by atoms with Crippen molar-refractivity contribution in [3.63, 3.8) is 0 Å².